The fourth-order valence-corrected chi connectivity index (χ4v) is 1.39. The van der Waals surface area contributed by atoms with Crippen molar-refractivity contribution < 1.29 is 24.6 Å². The van der Waals surface area contributed by atoms with Crippen LogP contribution in [0.4, 0.5) is 0 Å². The maximum atomic E-state index is 10.6. The Morgan fingerprint density at radius 1 is 1.24 bits per heavy atom. The molecule has 2 rings (SSSR count). The minimum absolute atomic E-state index is 0.0160. The SMILES string of the molecule is Cc1cc(O)c(-c2cc(C(=O)O)on2)cc1O. The fourth-order valence-electron chi connectivity index (χ4n) is 1.39. The van der Waals surface area contributed by atoms with Gasteiger partial charge in [-0.3, -0.25) is 0 Å². The second kappa shape index (κ2) is 3.82. The van der Waals surface area contributed by atoms with Crippen LogP contribution in [0.2, 0.25) is 0 Å². The van der Waals surface area contributed by atoms with E-state index in [0.29, 0.717) is 5.56 Å². The number of phenolic OH excluding ortho intramolecular Hbond substituents is 2. The van der Waals surface area contributed by atoms with Crippen LogP contribution in [-0.4, -0.2) is 26.4 Å². The summed E-state index contributed by atoms with van der Waals surface area (Å²) < 4.78 is 4.56. The van der Waals surface area contributed by atoms with Crippen LogP contribution in [0.25, 0.3) is 11.3 Å². The monoisotopic (exact) mass is 235 g/mol. The molecule has 2 aromatic rings. The van der Waals surface area contributed by atoms with E-state index in [2.05, 4.69) is 9.68 Å². The molecule has 0 spiro atoms. The molecule has 1 aromatic carbocycles. The van der Waals surface area contributed by atoms with Crippen molar-refractivity contribution >= 4 is 5.97 Å². The first-order valence-corrected chi connectivity index (χ1v) is 4.72. The molecule has 0 fully saturated rings. The Morgan fingerprint density at radius 3 is 2.53 bits per heavy atom. The first-order chi connectivity index (χ1) is 7.99. The third kappa shape index (κ3) is 1.92. The Bertz CT molecular complexity index is 588. The molecule has 1 aromatic heterocycles. The van der Waals surface area contributed by atoms with E-state index in [9.17, 15) is 15.0 Å². The Balaban J connectivity index is 2.52. The quantitative estimate of drug-likeness (QED) is 0.685. The van der Waals surface area contributed by atoms with Crippen molar-refractivity contribution in [1.82, 2.24) is 5.16 Å². The van der Waals surface area contributed by atoms with Crippen molar-refractivity contribution in [3.63, 3.8) is 0 Å². The molecule has 0 aliphatic carbocycles. The van der Waals surface area contributed by atoms with Crippen molar-refractivity contribution in [2.24, 2.45) is 0 Å². The smallest absolute Gasteiger partial charge is 0.374 e. The highest BCUT2D eigenvalue weighted by Gasteiger charge is 2.16. The van der Waals surface area contributed by atoms with Gasteiger partial charge in [0.25, 0.3) is 0 Å². The average molecular weight is 235 g/mol. The number of phenols is 2. The lowest BCUT2D eigenvalue weighted by Gasteiger charge is -2.04. The topological polar surface area (TPSA) is 104 Å². The normalized spacial score (nSPS) is 10.4. The predicted octanol–water partition coefficient (Wildman–Crippen LogP) is 1.76. The molecule has 0 saturated carbocycles. The van der Waals surface area contributed by atoms with Gasteiger partial charge in [-0.1, -0.05) is 5.16 Å². The summed E-state index contributed by atoms with van der Waals surface area (Å²) in [6, 6.07) is 3.83. The summed E-state index contributed by atoms with van der Waals surface area (Å²) in [5.41, 5.74) is 0.868. The molecule has 0 aliphatic heterocycles. The van der Waals surface area contributed by atoms with Gasteiger partial charge in [-0.2, -0.15) is 0 Å². The highest BCUT2D eigenvalue weighted by atomic mass is 16.5. The molecule has 6 nitrogen and oxygen atoms in total. The second-order valence-electron chi connectivity index (χ2n) is 3.54. The summed E-state index contributed by atoms with van der Waals surface area (Å²) in [6.45, 7) is 1.63. The average Bonchev–Trinajstić information content (AvgIpc) is 2.72. The zero-order valence-corrected chi connectivity index (χ0v) is 8.84. The lowest BCUT2D eigenvalue weighted by Crippen LogP contribution is -1.91. The number of rotatable bonds is 2. The molecule has 6 heteroatoms. The molecule has 0 atom stereocenters. The molecule has 0 saturated heterocycles. The summed E-state index contributed by atoms with van der Waals surface area (Å²) in [4.78, 5) is 10.6. The third-order valence-electron chi connectivity index (χ3n) is 2.31. The zero-order valence-electron chi connectivity index (χ0n) is 8.84. The van der Waals surface area contributed by atoms with Crippen LogP contribution in [-0.2, 0) is 0 Å². The van der Waals surface area contributed by atoms with Gasteiger partial charge in [0, 0.05) is 11.6 Å². The first kappa shape index (κ1) is 11.0. The van der Waals surface area contributed by atoms with Crippen LogP contribution < -0.4 is 0 Å². The Labute approximate surface area is 95.7 Å². The number of aromatic carboxylic acids is 1. The molecule has 0 unspecified atom stereocenters. The van der Waals surface area contributed by atoms with E-state index < -0.39 is 5.97 Å². The number of aryl methyl sites for hydroxylation is 1. The van der Waals surface area contributed by atoms with Crippen LogP contribution in [0.5, 0.6) is 11.5 Å². The zero-order chi connectivity index (χ0) is 12.6. The summed E-state index contributed by atoms with van der Waals surface area (Å²) >= 11 is 0. The summed E-state index contributed by atoms with van der Waals surface area (Å²) in [5, 5.41) is 31.4. The number of hydrogen-bond acceptors (Lipinski definition) is 5. The van der Waals surface area contributed by atoms with E-state index in [1.165, 1.54) is 18.2 Å². The van der Waals surface area contributed by atoms with Crippen LogP contribution >= 0.6 is 0 Å². The molecule has 0 bridgehead atoms. The summed E-state index contributed by atoms with van der Waals surface area (Å²) in [7, 11) is 0. The molecular formula is C11H9NO5. The number of carbonyl (C=O) groups is 1. The van der Waals surface area contributed by atoms with Crippen molar-refractivity contribution in [2.75, 3.05) is 0 Å². The van der Waals surface area contributed by atoms with Crippen molar-refractivity contribution in [1.29, 1.82) is 0 Å². The van der Waals surface area contributed by atoms with Crippen LogP contribution in [0.3, 0.4) is 0 Å². The van der Waals surface area contributed by atoms with Crippen molar-refractivity contribution in [2.45, 2.75) is 6.92 Å². The van der Waals surface area contributed by atoms with Gasteiger partial charge in [-0.25, -0.2) is 4.79 Å². The lowest BCUT2D eigenvalue weighted by molar-refractivity contribution is 0.0652. The van der Waals surface area contributed by atoms with E-state index in [1.54, 1.807) is 6.92 Å². The molecule has 3 N–H and O–H groups in total. The number of nitrogens with zero attached hydrogens (tertiary/aromatic N) is 1. The van der Waals surface area contributed by atoms with Crippen molar-refractivity contribution in [3.8, 4) is 22.8 Å². The minimum atomic E-state index is -1.25. The maximum absolute atomic E-state index is 10.6. The highest BCUT2D eigenvalue weighted by Crippen LogP contribution is 2.34. The lowest BCUT2D eigenvalue weighted by atomic mass is 10.1. The largest absolute Gasteiger partial charge is 0.508 e. The van der Waals surface area contributed by atoms with Gasteiger partial charge in [-0.05, 0) is 24.6 Å². The second-order valence-corrected chi connectivity index (χ2v) is 3.54. The number of hydrogen-bond donors (Lipinski definition) is 3. The number of aromatic hydroxyl groups is 2. The maximum Gasteiger partial charge on any atom is 0.374 e. The van der Waals surface area contributed by atoms with Crippen LogP contribution in [0.1, 0.15) is 16.1 Å². The Morgan fingerprint density at radius 2 is 1.94 bits per heavy atom. The fraction of sp³-hybridized carbons (Fsp3) is 0.0909. The van der Waals surface area contributed by atoms with Gasteiger partial charge < -0.3 is 19.8 Å². The summed E-state index contributed by atoms with van der Waals surface area (Å²) in [5.74, 6) is -1.71. The third-order valence-corrected chi connectivity index (χ3v) is 2.31. The van der Waals surface area contributed by atoms with Gasteiger partial charge in [0.2, 0.25) is 5.76 Å². The van der Waals surface area contributed by atoms with Crippen LogP contribution in [0.15, 0.2) is 22.7 Å². The standard InChI is InChI=1S/C11H9NO5/c1-5-2-9(14)6(3-8(5)13)7-4-10(11(15)16)17-12-7/h2-4,13-14H,1H3,(H,15,16). The number of carboxylic acid groups (broad SMARTS) is 1. The molecule has 0 aliphatic rings. The number of carboxylic acids is 1. The molecule has 88 valence electrons. The Hall–Kier alpha value is -2.50. The molecular weight excluding hydrogens is 226 g/mol. The van der Waals surface area contributed by atoms with E-state index in [4.69, 9.17) is 5.11 Å². The van der Waals surface area contributed by atoms with E-state index >= 15 is 0 Å². The summed E-state index contributed by atoms with van der Waals surface area (Å²) in [6.07, 6.45) is 0. The van der Waals surface area contributed by atoms with Gasteiger partial charge in [-0.15, -0.1) is 0 Å². The van der Waals surface area contributed by atoms with Gasteiger partial charge >= 0.3 is 5.97 Å². The molecule has 1 heterocycles. The first-order valence-electron chi connectivity index (χ1n) is 4.72. The van der Waals surface area contributed by atoms with Crippen LogP contribution in [0, 0.1) is 6.92 Å². The number of benzene rings is 1. The number of aromatic nitrogens is 1. The molecule has 17 heavy (non-hydrogen) atoms. The predicted molar refractivity (Wildman–Crippen MR) is 57.0 cm³/mol. The van der Waals surface area contributed by atoms with E-state index in [1.807, 2.05) is 0 Å². The highest BCUT2D eigenvalue weighted by molar-refractivity contribution is 5.86. The molecule has 0 amide bonds. The van der Waals surface area contributed by atoms with E-state index in [-0.39, 0.29) is 28.5 Å². The van der Waals surface area contributed by atoms with Gasteiger partial charge in [0.1, 0.15) is 17.2 Å². The minimum Gasteiger partial charge on any atom is -0.508 e. The Kier molecular flexibility index (Phi) is 2.47. The molecule has 0 radical (unpaired) electrons. The van der Waals surface area contributed by atoms with Gasteiger partial charge in [0.15, 0.2) is 0 Å². The van der Waals surface area contributed by atoms with E-state index in [0.717, 1.165) is 0 Å². The van der Waals surface area contributed by atoms with Crippen molar-refractivity contribution in [3.05, 3.63) is 29.5 Å². The van der Waals surface area contributed by atoms with Gasteiger partial charge in [0.05, 0.1) is 0 Å².